The molecule has 0 aliphatic heterocycles. The summed E-state index contributed by atoms with van der Waals surface area (Å²) in [5, 5.41) is 12.1. The first-order valence-corrected chi connectivity index (χ1v) is 8.62. The fourth-order valence-corrected chi connectivity index (χ4v) is 2.67. The van der Waals surface area contributed by atoms with Gasteiger partial charge in [-0.1, -0.05) is 30.7 Å². The van der Waals surface area contributed by atoms with E-state index >= 15 is 0 Å². The zero-order chi connectivity index (χ0) is 17.4. The van der Waals surface area contributed by atoms with Crippen molar-refractivity contribution in [3.05, 3.63) is 47.0 Å². The van der Waals surface area contributed by atoms with Gasteiger partial charge in [0.1, 0.15) is 12.2 Å². The van der Waals surface area contributed by atoms with Crippen molar-refractivity contribution in [2.24, 2.45) is 4.99 Å². The first-order chi connectivity index (χ1) is 11.6. The summed E-state index contributed by atoms with van der Waals surface area (Å²) in [6.45, 7) is 7.17. The number of aromatic nitrogens is 3. The summed E-state index contributed by atoms with van der Waals surface area (Å²) in [5.41, 5.74) is 1.16. The number of rotatable bonds is 7. The molecule has 0 spiro atoms. The second-order valence-electron chi connectivity index (χ2n) is 5.52. The van der Waals surface area contributed by atoms with Gasteiger partial charge in [0.25, 0.3) is 0 Å². The van der Waals surface area contributed by atoms with Crippen molar-refractivity contribution in [3.8, 4) is 0 Å². The number of hydrogen-bond acceptors (Lipinski definition) is 3. The molecule has 7 heteroatoms. The average Bonchev–Trinajstić information content (AvgIpc) is 3.01. The van der Waals surface area contributed by atoms with Gasteiger partial charge in [0, 0.05) is 38.1 Å². The first-order valence-electron chi connectivity index (χ1n) is 8.24. The molecule has 1 aromatic heterocycles. The van der Waals surface area contributed by atoms with Crippen LogP contribution in [0, 0.1) is 0 Å². The van der Waals surface area contributed by atoms with E-state index in [0.717, 1.165) is 48.4 Å². The minimum Gasteiger partial charge on any atom is -0.357 e. The number of hydrogen-bond donors (Lipinski definition) is 1. The summed E-state index contributed by atoms with van der Waals surface area (Å²) in [6.07, 6.45) is 2.63. The lowest BCUT2D eigenvalue weighted by molar-refractivity contribution is 0.475. The molecule has 0 aliphatic rings. The Bertz CT molecular complexity index is 667. The maximum absolute atomic E-state index is 6.06. The molecule has 0 amide bonds. The summed E-state index contributed by atoms with van der Waals surface area (Å²) >= 11 is 6.06. The normalized spacial score (nSPS) is 11.6. The van der Waals surface area contributed by atoms with Crippen molar-refractivity contribution in [1.29, 1.82) is 0 Å². The number of guanidine groups is 1. The van der Waals surface area contributed by atoms with E-state index in [4.69, 9.17) is 16.6 Å². The van der Waals surface area contributed by atoms with Gasteiger partial charge in [-0.3, -0.25) is 4.99 Å². The van der Waals surface area contributed by atoms with Crippen LogP contribution in [0.4, 0.5) is 0 Å². The molecule has 0 aliphatic carbocycles. The van der Waals surface area contributed by atoms with E-state index in [1.54, 1.807) is 6.33 Å². The molecular formula is C17H25ClN6. The highest BCUT2D eigenvalue weighted by Gasteiger charge is 2.07. The van der Waals surface area contributed by atoms with E-state index in [0.29, 0.717) is 6.54 Å². The van der Waals surface area contributed by atoms with Gasteiger partial charge in [-0.05, 0) is 24.6 Å². The number of nitrogens with one attached hydrogen (secondary N) is 1. The Morgan fingerprint density at radius 3 is 2.92 bits per heavy atom. The smallest absolute Gasteiger partial charge is 0.194 e. The molecule has 2 rings (SSSR count). The predicted octanol–water partition coefficient (Wildman–Crippen LogP) is 2.59. The van der Waals surface area contributed by atoms with Gasteiger partial charge in [0.2, 0.25) is 0 Å². The molecule has 1 aromatic carbocycles. The maximum atomic E-state index is 6.06. The monoisotopic (exact) mass is 348 g/mol. The lowest BCUT2D eigenvalue weighted by Gasteiger charge is -2.22. The second-order valence-corrected chi connectivity index (χ2v) is 5.95. The average molecular weight is 349 g/mol. The third-order valence-electron chi connectivity index (χ3n) is 3.62. The molecule has 0 saturated carbocycles. The Hall–Kier alpha value is -2.08. The number of benzene rings is 1. The lowest BCUT2D eigenvalue weighted by atomic mass is 10.2. The molecule has 0 bridgehead atoms. The van der Waals surface area contributed by atoms with Crippen LogP contribution in [0.25, 0.3) is 0 Å². The fraction of sp³-hybridized carbons (Fsp3) is 0.471. The van der Waals surface area contributed by atoms with Crippen LogP contribution in [-0.2, 0) is 19.5 Å². The molecule has 6 nitrogen and oxygen atoms in total. The summed E-state index contributed by atoms with van der Waals surface area (Å²) < 4.78 is 2.05. The van der Waals surface area contributed by atoms with Crippen molar-refractivity contribution in [2.45, 2.75) is 33.4 Å². The van der Waals surface area contributed by atoms with Crippen molar-refractivity contribution in [2.75, 3.05) is 20.1 Å². The minimum absolute atomic E-state index is 0.674. The summed E-state index contributed by atoms with van der Waals surface area (Å²) in [7, 11) is 2.03. The van der Waals surface area contributed by atoms with Crippen molar-refractivity contribution in [3.63, 3.8) is 0 Å². The van der Waals surface area contributed by atoms with Gasteiger partial charge < -0.3 is 14.8 Å². The van der Waals surface area contributed by atoms with Crippen LogP contribution >= 0.6 is 11.6 Å². The van der Waals surface area contributed by atoms with Gasteiger partial charge >= 0.3 is 0 Å². The molecule has 24 heavy (non-hydrogen) atoms. The van der Waals surface area contributed by atoms with E-state index in [1.165, 1.54) is 0 Å². The number of aliphatic imine (C=N–C) groups is 1. The Kier molecular flexibility index (Phi) is 7.06. The molecule has 0 radical (unpaired) electrons. The molecule has 1 heterocycles. The van der Waals surface area contributed by atoms with Crippen LogP contribution in [0.3, 0.4) is 0 Å². The highest BCUT2D eigenvalue weighted by molar-refractivity contribution is 6.30. The zero-order valence-corrected chi connectivity index (χ0v) is 15.3. The van der Waals surface area contributed by atoms with Crippen LogP contribution < -0.4 is 5.32 Å². The van der Waals surface area contributed by atoms with E-state index in [2.05, 4.69) is 40.3 Å². The van der Waals surface area contributed by atoms with Crippen LogP contribution in [0.5, 0.6) is 0 Å². The molecular weight excluding hydrogens is 324 g/mol. The molecule has 0 unspecified atom stereocenters. The van der Waals surface area contributed by atoms with E-state index in [9.17, 15) is 0 Å². The van der Waals surface area contributed by atoms with Gasteiger partial charge in [0.15, 0.2) is 5.96 Å². The van der Waals surface area contributed by atoms with E-state index < -0.39 is 0 Å². The molecule has 130 valence electrons. The van der Waals surface area contributed by atoms with Gasteiger partial charge in [-0.15, -0.1) is 10.2 Å². The predicted molar refractivity (Wildman–Crippen MR) is 98.3 cm³/mol. The largest absolute Gasteiger partial charge is 0.357 e. The number of aryl methyl sites for hydroxylation is 1. The van der Waals surface area contributed by atoms with Crippen LogP contribution in [0.1, 0.15) is 25.2 Å². The van der Waals surface area contributed by atoms with Gasteiger partial charge in [-0.2, -0.15) is 0 Å². The molecule has 0 saturated heterocycles. The molecule has 1 N–H and O–H groups in total. The SMILES string of the molecule is CCNC(=NCCn1cnnc1CC)N(C)Cc1cccc(Cl)c1. The Morgan fingerprint density at radius 2 is 2.21 bits per heavy atom. The first kappa shape index (κ1) is 18.3. The van der Waals surface area contributed by atoms with Crippen LogP contribution in [-0.4, -0.2) is 45.8 Å². The third-order valence-corrected chi connectivity index (χ3v) is 3.85. The third kappa shape index (κ3) is 5.23. The van der Waals surface area contributed by atoms with Gasteiger partial charge in [0.05, 0.1) is 6.54 Å². The Morgan fingerprint density at radius 1 is 1.38 bits per heavy atom. The molecule has 0 atom stereocenters. The number of nitrogens with zero attached hydrogens (tertiary/aromatic N) is 5. The van der Waals surface area contributed by atoms with E-state index in [1.807, 2.05) is 29.8 Å². The Labute approximate surface area is 148 Å². The highest BCUT2D eigenvalue weighted by Crippen LogP contribution is 2.12. The van der Waals surface area contributed by atoms with Gasteiger partial charge in [-0.25, -0.2) is 0 Å². The summed E-state index contributed by atoms with van der Waals surface area (Å²) in [5.74, 6) is 1.87. The minimum atomic E-state index is 0.674. The van der Waals surface area contributed by atoms with Crippen molar-refractivity contribution >= 4 is 17.6 Å². The topological polar surface area (TPSA) is 58.3 Å². The highest BCUT2D eigenvalue weighted by atomic mass is 35.5. The van der Waals surface area contributed by atoms with E-state index in [-0.39, 0.29) is 0 Å². The Balaban J connectivity index is 1.98. The van der Waals surface area contributed by atoms with Crippen LogP contribution in [0.2, 0.25) is 5.02 Å². The fourth-order valence-electron chi connectivity index (χ4n) is 2.46. The molecule has 2 aromatic rings. The quantitative estimate of drug-likeness (QED) is 0.617. The van der Waals surface area contributed by atoms with Crippen molar-refractivity contribution < 1.29 is 0 Å². The molecule has 0 fully saturated rings. The number of halogens is 1. The lowest BCUT2D eigenvalue weighted by Crippen LogP contribution is -2.38. The summed E-state index contributed by atoms with van der Waals surface area (Å²) in [4.78, 5) is 6.80. The second kappa shape index (κ2) is 9.27. The standard InChI is InChI=1S/C17H25ClN6/c1-4-16-22-21-13-24(16)10-9-20-17(19-5-2)23(3)12-14-7-6-8-15(18)11-14/h6-8,11,13H,4-5,9-10,12H2,1-3H3,(H,19,20). The maximum Gasteiger partial charge on any atom is 0.194 e. The van der Waals surface area contributed by atoms with Crippen molar-refractivity contribution in [1.82, 2.24) is 25.0 Å². The van der Waals surface area contributed by atoms with Crippen LogP contribution in [0.15, 0.2) is 35.6 Å². The summed E-state index contributed by atoms with van der Waals surface area (Å²) in [6, 6.07) is 7.89. The zero-order valence-electron chi connectivity index (χ0n) is 14.5.